The molecule has 11 heavy (non-hydrogen) atoms. The number of hydrogen-bond donors (Lipinski definition) is 1. The Kier molecular flexibility index (Phi) is 6.19. The predicted molar refractivity (Wildman–Crippen MR) is 48.7 cm³/mol. The third kappa shape index (κ3) is 6.71. The molecule has 0 aliphatic carbocycles. The molecule has 0 atom stereocenters. The van der Waals surface area contributed by atoms with E-state index in [2.05, 4.69) is 30.3 Å². The Hall–Kier alpha value is -1.18. The summed E-state index contributed by atoms with van der Waals surface area (Å²) in [6, 6.07) is 0. The minimum atomic E-state index is 0.695. The standard InChI is InChI=1S/C10H13N/c1-3-4-5-7-10(2)8-6-9-11/h2,6,8-9,11H2,1H3. The average molecular weight is 147 g/mol. The minimum Gasteiger partial charge on any atom is -0.330 e. The lowest BCUT2D eigenvalue weighted by atomic mass is 10.2. The highest BCUT2D eigenvalue weighted by molar-refractivity contribution is 5.34. The molecule has 0 aromatic heterocycles. The highest BCUT2D eigenvalue weighted by Crippen LogP contribution is 1.97. The SMILES string of the molecule is C=C(C#CC#CC)CCCN. The Morgan fingerprint density at radius 3 is 2.73 bits per heavy atom. The van der Waals surface area contributed by atoms with Crippen molar-refractivity contribution in [2.75, 3.05) is 6.54 Å². The number of nitrogens with two attached hydrogens (primary N) is 1. The van der Waals surface area contributed by atoms with E-state index >= 15 is 0 Å². The molecule has 0 heterocycles. The van der Waals surface area contributed by atoms with Crippen molar-refractivity contribution in [1.29, 1.82) is 0 Å². The van der Waals surface area contributed by atoms with Gasteiger partial charge in [0.15, 0.2) is 0 Å². The fourth-order valence-corrected chi connectivity index (χ4v) is 0.560. The van der Waals surface area contributed by atoms with Crippen LogP contribution in [0.25, 0.3) is 0 Å². The summed E-state index contributed by atoms with van der Waals surface area (Å²) in [4.78, 5) is 0. The Bertz CT molecular complexity index is 229. The molecule has 0 aliphatic rings. The van der Waals surface area contributed by atoms with Gasteiger partial charge in [-0.05, 0) is 43.7 Å². The first-order chi connectivity index (χ1) is 5.31. The third-order valence-electron chi connectivity index (χ3n) is 1.11. The molecule has 0 amide bonds. The van der Waals surface area contributed by atoms with Gasteiger partial charge in [0.1, 0.15) is 0 Å². The van der Waals surface area contributed by atoms with Crippen LogP contribution in [-0.4, -0.2) is 6.54 Å². The largest absolute Gasteiger partial charge is 0.330 e. The van der Waals surface area contributed by atoms with E-state index in [0.29, 0.717) is 6.54 Å². The summed E-state index contributed by atoms with van der Waals surface area (Å²) in [6.07, 6.45) is 1.84. The molecule has 1 nitrogen and oxygen atoms in total. The molecule has 0 unspecified atom stereocenters. The van der Waals surface area contributed by atoms with Crippen LogP contribution in [0.1, 0.15) is 19.8 Å². The summed E-state index contributed by atoms with van der Waals surface area (Å²) in [7, 11) is 0. The second-order valence-corrected chi connectivity index (χ2v) is 2.12. The Labute approximate surface area is 68.7 Å². The van der Waals surface area contributed by atoms with Crippen molar-refractivity contribution in [1.82, 2.24) is 0 Å². The molecule has 58 valence electrons. The maximum atomic E-state index is 5.31. The maximum absolute atomic E-state index is 5.31. The van der Waals surface area contributed by atoms with Gasteiger partial charge in [-0.15, -0.1) is 0 Å². The van der Waals surface area contributed by atoms with Gasteiger partial charge in [-0.25, -0.2) is 0 Å². The predicted octanol–water partition coefficient (Wildman–Crippen LogP) is 1.31. The van der Waals surface area contributed by atoms with E-state index in [1.807, 2.05) is 0 Å². The van der Waals surface area contributed by atoms with E-state index in [4.69, 9.17) is 5.73 Å². The second kappa shape index (κ2) is 6.93. The van der Waals surface area contributed by atoms with Crippen molar-refractivity contribution in [3.05, 3.63) is 12.2 Å². The first kappa shape index (κ1) is 9.82. The fraction of sp³-hybridized carbons (Fsp3) is 0.400. The molecular weight excluding hydrogens is 134 g/mol. The van der Waals surface area contributed by atoms with Crippen LogP contribution in [0.3, 0.4) is 0 Å². The van der Waals surface area contributed by atoms with Crippen LogP contribution in [0.15, 0.2) is 12.2 Å². The van der Waals surface area contributed by atoms with Crippen molar-refractivity contribution >= 4 is 0 Å². The number of rotatable bonds is 3. The van der Waals surface area contributed by atoms with Crippen molar-refractivity contribution < 1.29 is 0 Å². The topological polar surface area (TPSA) is 26.0 Å². The molecular formula is C10H13N. The van der Waals surface area contributed by atoms with Crippen LogP contribution < -0.4 is 5.73 Å². The number of hydrogen-bond acceptors (Lipinski definition) is 1. The summed E-state index contributed by atoms with van der Waals surface area (Å²) in [6.45, 7) is 6.22. The van der Waals surface area contributed by atoms with E-state index in [1.54, 1.807) is 6.92 Å². The summed E-state index contributed by atoms with van der Waals surface area (Å²) >= 11 is 0. The molecule has 0 saturated carbocycles. The maximum Gasteiger partial charge on any atom is -0.00168 e. The van der Waals surface area contributed by atoms with Crippen LogP contribution in [-0.2, 0) is 0 Å². The first-order valence-electron chi connectivity index (χ1n) is 3.62. The van der Waals surface area contributed by atoms with E-state index in [9.17, 15) is 0 Å². The molecule has 0 spiro atoms. The Morgan fingerprint density at radius 2 is 2.18 bits per heavy atom. The zero-order valence-electron chi connectivity index (χ0n) is 6.91. The molecule has 0 bridgehead atoms. The van der Waals surface area contributed by atoms with Crippen LogP contribution in [0.2, 0.25) is 0 Å². The van der Waals surface area contributed by atoms with E-state index in [-0.39, 0.29) is 0 Å². The average Bonchev–Trinajstić information content (AvgIpc) is 2.01. The van der Waals surface area contributed by atoms with Crippen LogP contribution >= 0.6 is 0 Å². The monoisotopic (exact) mass is 147 g/mol. The van der Waals surface area contributed by atoms with E-state index in [0.717, 1.165) is 18.4 Å². The first-order valence-corrected chi connectivity index (χ1v) is 3.62. The van der Waals surface area contributed by atoms with Gasteiger partial charge >= 0.3 is 0 Å². The van der Waals surface area contributed by atoms with Crippen molar-refractivity contribution in [3.63, 3.8) is 0 Å². The molecule has 0 saturated heterocycles. The number of allylic oxidation sites excluding steroid dienone is 1. The molecule has 0 radical (unpaired) electrons. The van der Waals surface area contributed by atoms with Crippen molar-refractivity contribution in [3.8, 4) is 23.7 Å². The Morgan fingerprint density at radius 1 is 1.45 bits per heavy atom. The van der Waals surface area contributed by atoms with Gasteiger partial charge in [-0.1, -0.05) is 18.4 Å². The van der Waals surface area contributed by atoms with Gasteiger partial charge in [-0.2, -0.15) is 0 Å². The van der Waals surface area contributed by atoms with Crippen LogP contribution in [0, 0.1) is 23.7 Å². The van der Waals surface area contributed by atoms with Crippen molar-refractivity contribution in [2.24, 2.45) is 5.73 Å². The summed E-state index contributed by atoms with van der Waals surface area (Å²) in [5.74, 6) is 10.9. The van der Waals surface area contributed by atoms with Gasteiger partial charge in [0.05, 0.1) is 0 Å². The third-order valence-corrected chi connectivity index (χ3v) is 1.11. The molecule has 0 aromatic carbocycles. The van der Waals surface area contributed by atoms with Crippen LogP contribution in [0.5, 0.6) is 0 Å². The lowest BCUT2D eigenvalue weighted by Gasteiger charge is -1.92. The lowest BCUT2D eigenvalue weighted by Crippen LogP contribution is -1.97. The van der Waals surface area contributed by atoms with Gasteiger partial charge in [0.25, 0.3) is 0 Å². The van der Waals surface area contributed by atoms with Gasteiger partial charge < -0.3 is 5.73 Å². The van der Waals surface area contributed by atoms with Gasteiger partial charge in [0.2, 0.25) is 0 Å². The molecule has 0 fully saturated rings. The van der Waals surface area contributed by atoms with E-state index in [1.165, 1.54) is 0 Å². The zero-order valence-corrected chi connectivity index (χ0v) is 6.91. The molecule has 0 rings (SSSR count). The van der Waals surface area contributed by atoms with Gasteiger partial charge in [0, 0.05) is 0 Å². The molecule has 0 aliphatic heterocycles. The van der Waals surface area contributed by atoms with Gasteiger partial charge in [-0.3, -0.25) is 0 Å². The fourth-order valence-electron chi connectivity index (χ4n) is 0.560. The molecule has 2 N–H and O–H groups in total. The summed E-state index contributed by atoms with van der Waals surface area (Å²) in [5, 5.41) is 0. The van der Waals surface area contributed by atoms with Crippen LogP contribution in [0.4, 0.5) is 0 Å². The summed E-state index contributed by atoms with van der Waals surface area (Å²) < 4.78 is 0. The minimum absolute atomic E-state index is 0.695. The lowest BCUT2D eigenvalue weighted by molar-refractivity contribution is 0.841. The summed E-state index contributed by atoms with van der Waals surface area (Å²) in [5.41, 5.74) is 6.23. The zero-order chi connectivity index (χ0) is 8.53. The molecule has 0 aromatic rings. The molecule has 1 heteroatoms. The highest BCUT2D eigenvalue weighted by Gasteiger charge is 1.85. The normalized spacial score (nSPS) is 7.09. The van der Waals surface area contributed by atoms with E-state index < -0.39 is 0 Å². The quantitative estimate of drug-likeness (QED) is 0.598. The smallest absolute Gasteiger partial charge is 0.00168 e. The van der Waals surface area contributed by atoms with Crippen molar-refractivity contribution in [2.45, 2.75) is 19.8 Å². The Balaban J connectivity index is 3.68. The second-order valence-electron chi connectivity index (χ2n) is 2.12. The highest BCUT2D eigenvalue weighted by atomic mass is 14.5.